The molecule has 1 atom stereocenters. The molecule has 0 aromatic carbocycles. The molecular formula is C12H11ClN4O3S. The van der Waals surface area contributed by atoms with Gasteiger partial charge in [0.1, 0.15) is 17.9 Å². The molecule has 2 aromatic rings. The van der Waals surface area contributed by atoms with E-state index in [1.165, 1.54) is 29.2 Å². The molecule has 7 nitrogen and oxygen atoms in total. The van der Waals surface area contributed by atoms with E-state index in [9.17, 15) is 8.42 Å². The Morgan fingerprint density at radius 2 is 2.24 bits per heavy atom. The number of nitriles is 1. The monoisotopic (exact) mass is 326 g/mol. The maximum atomic E-state index is 11.5. The molecule has 0 amide bonds. The number of nitrogens with zero attached hydrogens (tertiary/aromatic N) is 4. The van der Waals surface area contributed by atoms with Crippen molar-refractivity contribution in [2.24, 2.45) is 7.05 Å². The Morgan fingerprint density at radius 3 is 2.76 bits per heavy atom. The van der Waals surface area contributed by atoms with Gasteiger partial charge in [0.25, 0.3) is 10.1 Å². The van der Waals surface area contributed by atoms with Gasteiger partial charge in [-0.2, -0.15) is 18.8 Å². The molecule has 0 bridgehead atoms. The molecule has 110 valence electrons. The van der Waals surface area contributed by atoms with Crippen molar-refractivity contribution in [3.63, 3.8) is 0 Å². The Labute approximate surface area is 126 Å². The SMILES string of the molecule is Cn1nc(C(OS(C)(=O)=O)c2cnccc2Cl)cc1C#N. The van der Waals surface area contributed by atoms with Crippen molar-refractivity contribution in [1.82, 2.24) is 14.8 Å². The van der Waals surface area contributed by atoms with Crippen LogP contribution in [0, 0.1) is 11.3 Å². The molecule has 0 aliphatic carbocycles. The number of hydrogen-bond donors (Lipinski definition) is 0. The summed E-state index contributed by atoms with van der Waals surface area (Å²) in [6.45, 7) is 0. The second-order valence-electron chi connectivity index (χ2n) is 4.27. The van der Waals surface area contributed by atoms with Crippen LogP contribution in [0.25, 0.3) is 0 Å². The highest BCUT2D eigenvalue weighted by atomic mass is 35.5. The molecule has 2 aromatic heterocycles. The summed E-state index contributed by atoms with van der Waals surface area (Å²) in [7, 11) is -2.19. The molecule has 0 saturated carbocycles. The van der Waals surface area contributed by atoms with Crippen LogP contribution in [-0.4, -0.2) is 29.4 Å². The average molecular weight is 327 g/mol. The van der Waals surface area contributed by atoms with E-state index >= 15 is 0 Å². The summed E-state index contributed by atoms with van der Waals surface area (Å²) >= 11 is 6.06. The van der Waals surface area contributed by atoms with E-state index in [0.717, 1.165) is 6.26 Å². The first-order valence-corrected chi connectivity index (χ1v) is 7.93. The van der Waals surface area contributed by atoms with E-state index < -0.39 is 16.2 Å². The lowest BCUT2D eigenvalue weighted by atomic mass is 10.1. The van der Waals surface area contributed by atoms with Crippen molar-refractivity contribution in [3.8, 4) is 6.07 Å². The van der Waals surface area contributed by atoms with Crippen LogP contribution in [0.3, 0.4) is 0 Å². The standard InChI is InChI=1S/C12H11ClN4O3S/c1-17-8(6-14)5-11(16-17)12(20-21(2,18)19)9-7-15-4-3-10(9)13/h3-5,7,12H,1-2H3. The van der Waals surface area contributed by atoms with Crippen LogP contribution in [0.15, 0.2) is 24.5 Å². The maximum Gasteiger partial charge on any atom is 0.265 e. The first kappa shape index (κ1) is 15.4. The van der Waals surface area contributed by atoms with Crippen molar-refractivity contribution in [2.45, 2.75) is 6.10 Å². The normalized spacial score (nSPS) is 12.9. The van der Waals surface area contributed by atoms with Gasteiger partial charge in [0, 0.05) is 36.1 Å². The van der Waals surface area contributed by atoms with Crippen molar-refractivity contribution >= 4 is 21.7 Å². The van der Waals surface area contributed by atoms with E-state index in [-0.39, 0.29) is 11.4 Å². The zero-order valence-corrected chi connectivity index (χ0v) is 12.8. The second-order valence-corrected chi connectivity index (χ2v) is 6.28. The van der Waals surface area contributed by atoms with Crippen LogP contribution in [0.4, 0.5) is 0 Å². The minimum atomic E-state index is -3.77. The minimum absolute atomic E-state index is 0.259. The summed E-state index contributed by atoms with van der Waals surface area (Å²) in [4.78, 5) is 3.91. The van der Waals surface area contributed by atoms with Crippen molar-refractivity contribution in [1.29, 1.82) is 5.26 Å². The number of aromatic nitrogens is 3. The van der Waals surface area contributed by atoms with Gasteiger partial charge in [-0.1, -0.05) is 11.6 Å². The lowest BCUT2D eigenvalue weighted by Gasteiger charge is -2.15. The summed E-state index contributed by atoms with van der Waals surface area (Å²) in [5.74, 6) is 0. The van der Waals surface area contributed by atoms with Crippen LogP contribution in [-0.2, 0) is 21.3 Å². The molecule has 0 spiro atoms. The summed E-state index contributed by atoms with van der Waals surface area (Å²) < 4.78 is 29.3. The second kappa shape index (κ2) is 5.81. The Kier molecular flexibility index (Phi) is 4.27. The third-order valence-electron chi connectivity index (χ3n) is 2.63. The first-order valence-electron chi connectivity index (χ1n) is 5.73. The molecule has 0 saturated heterocycles. The van der Waals surface area contributed by atoms with Crippen molar-refractivity contribution in [3.05, 3.63) is 46.5 Å². The smallest absolute Gasteiger partial charge is 0.264 e. The summed E-state index contributed by atoms with van der Waals surface area (Å²) in [5.41, 5.74) is 0.883. The van der Waals surface area contributed by atoms with Crippen LogP contribution in [0.1, 0.15) is 23.1 Å². The van der Waals surface area contributed by atoms with E-state index in [1.807, 2.05) is 6.07 Å². The Bertz CT molecular complexity index is 810. The highest BCUT2D eigenvalue weighted by Crippen LogP contribution is 2.31. The molecule has 0 radical (unpaired) electrons. The van der Waals surface area contributed by atoms with Crippen molar-refractivity contribution < 1.29 is 12.6 Å². The molecule has 2 rings (SSSR count). The van der Waals surface area contributed by atoms with Gasteiger partial charge >= 0.3 is 0 Å². The number of hydrogen-bond acceptors (Lipinski definition) is 6. The first-order chi connectivity index (χ1) is 9.81. The van der Waals surface area contributed by atoms with Gasteiger partial charge in [-0.3, -0.25) is 13.8 Å². The Balaban J connectivity index is 2.56. The zero-order chi connectivity index (χ0) is 15.6. The van der Waals surface area contributed by atoms with Gasteiger partial charge in [0.05, 0.1) is 11.9 Å². The lowest BCUT2D eigenvalue weighted by Crippen LogP contribution is -2.13. The molecular weight excluding hydrogens is 316 g/mol. The molecule has 0 aliphatic heterocycles. The maximum absolute atomic E-state index is 11.5. The van der Waals surface area contributed by atoms with Crippen LogP contribution in [0.5, 0.6) is 0 Å². The van der Waals surface area contributed by atoms with Gasteiger partial charge in [0.2, 0.25) is 0 Å². The lowest BCUT2D eigenvalue weighted by molar-refractivity contribution is 0.250. The highest BCUT2D eigenvalue weighted by molar-refractivity contribution is 7.86. The highest BCUT2D eigenvalue weighted by Gasteiger charge is 2.26. The predicted molar refractivity (Wildman–Crippen MR) is 74.9 cm³/mol. The third-order valence-corrected chi connectivity index (χ3v) is 3.52. The fraction of sp³-hybridized carbons (Fsp3) is 0.250. The van der Waals surface area contributed by atoms with E-state index in [0.29, 0.717) is 10.6 Å². The fourth-order valence-corrected chi connectivity index (χ4v) is 2.50. The largest absolute Gasteiger partial charge is 0.265 e. The molecule has 9 heteroatoms. The van der Waals surface area contributed by atoms with Crippen LogP contribution < -0.4 is 0 Å². The molecule has 1 unspecified atom stereocenters. The van der Waals surface area contributed by atoms with E-state index in [1.54, 1.807) is 7.05 Å². The summed E-state index contributed by atoms with van der Waals surface area (Å²) in [6, 6.07) is 4.91. The molecule has 2 heterocycles. The average Bonchev–Trinajstić information content (AvgIpc) is 2.77. The Hall–Kier alpha value is -1.95. The molecule has 0 fully saturated rings. The van der Waals surface area contributed by atoms with Gasteiger partial charge in [0.15, 0.2) is 0 Å². The number of rotatable bonds is 4. The van der Waals surface area contributed by atoms with Gasteiger partial charge < -0.3 is 0 Å². The van der Waals surface area contributed by atoms with Crippen LogP contribution in [0.2, 0.25) is 5.02 Å². The van der Waals surface area contributed by atoms with E-state index in [4.69, 9.17) is 21.0 Å². The molecule has 21 heavy (non-hydrogen) atoms. The topological polar surface area (TPSA) is 97.9 Å². The van der Waals surface area contributed by atoms with Crippen LogP contribution >= 0.6 is 11.6 Å². The van der Waals surface area contributed by atoms with Crippen molar-refractivity contribution in [2.75, 3.05) is 6.26 Å². The van der Waals surface area contributed by atoms with Gasteiger partial charge in [-0.15, -0.1) is 0 Å². The summed E-state index contributed by atoms with van der Waals surface area (Å²) in [6.07, 6.45) is 2.74. The zero-order valence-electron chi connectivity index (χ0n) is 11.2. The Morgan fingerprint density at radius 1 is 1.52 bits per heavy atom. The fourth-order valence-electron chi connectivity index (χ4n) is 1.74. The predicted octanol–water partition coefficient (Wildman–Crippen LogP) is 1.41. The van der Waals surface area contributed by atoms with E-state index in [2.05, 4.69) is 10.1 Å². The minimum Gasteiger partial charge on any atom is -0.264 e. The number of pyridine rings is 1. The molecule has 0 aliphatic rings. The van der Waals surface area contributed by atoms with Gasteiger partial charge in [-0.05, 0) is 6.07 Å². The number of halogens is 1. The molecule has 0 N–H and O–H groups in total. The number of aryl methyl sites for hydroxylation is 1. The summed E-state index contributed by atoms with van der Waals surface area (Å²) in [5, 5.41) is 13.4. The van der Waals surface area contributed by atoms with Gasteiger partial charge in [-0.25, -0.2) is 0 Å². The quantitative estimate of drug-likeness (QED) is 0.788. The third kappa shape index (κ3) is 3.58.